The Kier molecular flexibility index (Phi) is 4.34. The predicted molar refractivity (Wildman–Crippen MR) is 67.8 cm³/mol. The Morgan fingerprint density at radius 1 is 0.944 bits per heavy atom. The van der Waals surface area contributed by atoms with Crippen molar-refractivity contribution in [2.75, 3.05) is 6.79 Å². The lowest BCUT2D eigenvalue weighted by Crippen LogP contribution is -2.08. The first kappa shape index (κ1) is 12.2. The number of para-hydroxylation sites is 1. The van der Waals surface area contributed by atoms with Crippen LogP contribution in [0.15, 0.2) is 60.7 Å². The van der Waals surface area contributed by atoms with E-state index in [1.807, 2.05) is 60.7 Å². The van der Waals surface area contributed by atoms with Crippen LogP contribution in [0.1, 0.15) is 11.7 Å². The van der Waals surface area contributed by atoms with Gasteiger partial charge in [-0.05, 0) is 17.7 Å². The van der Waals surface area contributed by atoms with Crippen molar-refractivity contribution in [2.24, 2.45) is 0 Å². The fourth-order valence-corrected chi connectivity index (χ4v) is 1.52. The Balaban J connectivity index is 1.88. The molecule has 3 nitrogen and oxygen atoms in total. The van der Waals surface area contributed by atoms with Crippen LogP contribution in [0.3, 0.4) is 0 Å². The van der Waals surface area contributed by atoms with Gasteiger partial charge in [-0.15, -0.1) is 0 Å². The van der Waals surface area contributed by atoms with Crippen LogP contribution in [0.5, 0.6) is 5.75 Å². The second-order valence-corrected chi connectivity index (χ2v) is 3.66. The van der Waals surface area contributed by atoms with Crippen LogP contribution in [0.2, 0.25) is 0 Å². The Bertz CT molecular complexity index is 505. The van der Waals surface area contributed by atoms with Crippen molar-refractivity contribution >= 4 is 0 Å². The molecule has 2 rings (SSSR count). The molecule has 1 atom stereocenters. The molecule has 0 saturated heterocycles. The smallest absolute Gasteiger partial charge is 0.191 e. The van der Waals surface area contributed by atoms with Crippen LogP contribution in [0.4, 0.5) is 0 Å². The van der Waals surface area contributed by atoms with Crippen LogP contribution in [-0.2, 0) is 4.74 Å². The molecule has 0 unspecified atom stereocenters. The van der Waals surface area contributed by atoms with Crippen LogP contribution < -0.4 is 4.74 Å². The van der Waals surface area contributed by atoms with Gasteiger partial charge >= 0.3 is 0 Å². The molecule has 90 valence electrons. The van der Waals surface area contributed by atoms with Crippen LogP contribution in [0.25, 0.3) is 0 Å². The maximum atomic E-state index is 9.05. The number of hydrogen-bond donors (Lipinski definition) is 0. The quantitative estimate of drug-likeness (QED) is 0.752. The third-order valence-corrected chi connectivity index (χ3v) is 2.42. The minimum atomic E-state index is -0.602. The van der Waals surface area contributed by atoms with Gasteiger partial charge in [0.25, 0.3) is 0 Å². The lowest BCUT2D eigenvalue weighted by atomic mass is 10.1. The van der Waals surface area contributed by atoms with Gasteiger partial charge in [0.1, 0.15) is 5.75 Å². The Morgan fingerprint density at radius 3 is 2.17 bits per heavy atom. The molecule has 0 saturated carbocycles. The topological polar surface area (TPSA) is 42.2 Å². The van der Waals surface area contributed by atoms with Crippen LogP contribution in [-0.4, -0.2) is 6.79 Å². The highest BCUT2D eigenvalue weighted by Crippen LogP contribution is 2.16. The second kappa shape index (κ2) is 6.43. The number of rotatable bonds is 5. The zero-order valence-electron chi connectivity index (χ0n) is 9.82. The van der Waals surface area contributed by atoms with Gasteiger partial charge in [0, 0.05) is 0 Å². The zero-order chi connectivity index (χ0) is 12.6. The molecule has 0 N–H and O–H groups in total. The summed E-state index contributed by atoms with van der Waals surface area (Å²) in [6.07, 6.45) is -0.602. The van der Waals surface area contributed by atoms with E-state index in [2.05, 4.69) is 6.07 Å². The third-order valence-electron chi connectivity index (χ3n) is 2.42. The largest absolute Gasteiger partial charge is 0.467 e. The van der Waals surface area contributed by atoms with Crippen molar-refractivity contribution in [2.45, 2.75) is 6.10 Å². The second-order valence-electron chi connectivity index (χ2n) is 3.66. The van der Waals surface area contributed by atoms with Crippen molar-refractivity contribution in [3.05, 3.63) is 66.2 Å². The van der Waals surface area contributed by atoms with E-state index >= 15 is 0 Å². The average molecular weight is 239 g/mol. The van der Waals surface area contributed by atoms with E-state index < -0.39 is 6.10 Å². The van der Waals surface area contributed by atoms with Gasteiger partial charge in [-0.1, -0.05) is 48.5 Å². The normalized spacial score (nSPS) is 11.5. The van der Waals surface area contributed by atoms with Gasteiger partial charge in [-0.25, -0.2) is 0 Å². The fourth-order valence-electron chi connectivity index (χ4n) is 1.52. The molecule has 0 aliphatic carbocycles. The molecule has 0 spiro atoms. The molecule has 2 aromatic carbocycles. The number of nitrogens with zero attached hydrogens (tertiary/aromatic N) is 1. The van der Waals surface area contributed by atoms with Gasteiger partial charge in [-0.2, -0.15) is 5.26 Å². The van der Waals surface area contributed by atoms with Crippen molar-refractivity contribution in [3.63, 3.8) is 0 Å². The summed E-state index contributed by atoms with van der Waals surface area (Å²) in [5.41, 5.74) is 0.830. The summed E-state index contributed by atoms with van der Waals surface area (Å²) in [6.45, 7) is 0.0527. The summed E-state index contributed by atoms with van der Waals surface area (Å²) in [5, 5.41) is 9.05. The van der Waals surface area contributed by atoms with Crippen molar-refractivity contribution in [1.82, 2.24) is 0 Å². The zero-order valence-corrected chi connectivity index (χ0v) is 9.82. The van der Waals surface area contributed by atoms with Crippen molar-refractivity contribution < 1.29 is 9.47 Å². The molecule has 0 fully saturated rings. The van der Waals surface area contributed by atoms with Crippen molar-refractivity contribution in [3.8, 4) is 11.8 Å². The molecule has 0 bridgehead atoms. The van der Waals surface area contributed by atoms with E-state index in [0.29, 0.717) is 0 Å². The lowest BCUT2D eigenvalue weighted by Gasteiger charge is -2.11. The fraction of sp³-hybridized carbons (Fsp3) is 0.133. The van der Waals surface area contributed by atoms with Gasteiger partial charge in [0.15, 0.2) is 12.9 Å². The Labute approximate surface area is 106 Å². The maximum absolute atomic E-state index is 9.05. The average Bonchev–Trinajstić information content (AvgIpc) is 2.46. The summed E-state index contributed by atoms with van der Waals surface area (Å²) in [4.78, 5) is 0. The van der Waals surface area contributed by atoms with Gasteiger partial charge < -0.3 is 9.47 Å². The maximum Gasteiger partial charge on any atom is 0.191 e. The van der Waals surface area contributed by atoms with Crippen LogP contribution in [0, 0.1) is 11.3 Å². The van der Waals surface area contributed by atoms with E-state index in [4.69, 9.17) is 14.7 Å². The van der Waals surface area contributed by atoms with E-state index in [-0.39, 0.29) is 6.79 Å². The highest BCUT2D eigenvalue weighted by molar-refractivity contribution is 5.22. The summed E-state index contributed by atoms with van der Waals surface area (Å²) >= 11 is 0. The SMILES string of the molecule is N#C[C@H](OCOc1ccccc1)c1ccccc1. The minimum Gasteiger partial charge on any atom is -0.467 e. The highest BCUT2D eigenvalue weighted by atomic mass is 16.7. The summed E-state index contributed by atoms with van der Waals surface area (Å²) in [5.74, 6) is 0.724. The van der Waals surface area contributed by atoms with Gasteiger partial charge in [0.2, 0.25) is 0 Å². The molecule has 0 aromatic heterocycles. The first-order chi connectivity index (χ1) is 8.90. The molecule has 0 radical (unpaired) electrons. The van der Waals surface area contributed by atoms with Crippen molar-refractivity contribution in [1.29, 1.82) is 5.26 Å². The number of nitriles is 1. The summed E-state index contributed by atoms with van der Waals surface area (Å²) in [6, 6.07) is 20.8. The van der Waals surface area contributed by atoms with Gasteiger partial charge in [-0.3, -0.25) is 0 Å². The number of hydrogen-bond acceptors (Lipinski definition) is 3. The molecule has 0 amide bonds. The Hall–Kier alpha value is -2.31. The number of ether oxygens (including phenoxy) is 2. The minimum absolute atomic E-state index is 0.0527. The molecule has 0 aliphatic heterocycles. The van der Waals surface area contributed by atoms with E-state index in [0.717, 1.165) is 11.3 Å². The molecular formula is C15H13NO2. The Morgan fingerprint density at radius 2 is 1.56 bits per heavy atom. The third kappa shape index (κ3) is 3.34. The standard InChI is InChI=1S/C15H13NO2/c16-11-15(13-7-3-1-4-8-13)18-12-17-14-9-5-2-6-10-14/h1-10,15H,12H2/t15-/m0/s1. The molecule has 0 aliphatic rings. The molecular weight excluding hydrogens is 226 g/mol. The molecule has 18 heavy (non-hydrogen) atoms. The number of benzene rings is 2. The first-order valence-corrected chi connectivity index (χ1v) is 5.64. The summed E-state index contributed by atoms with van der Waals surface area (Å²) < 4.78 is 10.8. The molecule has 3 heteroatoms. The molecule has 0 heterocycles. The van der Waals surface area contributed by atoms with E-state index in [9.17, 15) is 0 Å². The first-order valence-electron chi connectivity index (χ1n) is 5.64. The van der Waals surface area contributed by atoms with Crippen LogP contribution >= 0.6 is 0 Å². The molecule has 2 aromatic rings. The van der Waals surface area contributed by atoms with E-state index in [1.54, 1.807) is 0 Å². The summed E-state index contributed by atoms with van der Waals surface area (Å²) in [7, 11) is 0. The van der Waals surface area contributed by atoms with Gasteiger partial charge in [0.05, 0.1) is 6.07 Å². The monoisotopic (exact) mass is 239 g/mol. The lowest BCUT2D eigenvalue weighted by molar-refractivity contribution is -0.0138. The highest BCUT2D eigenvalue weighted by Gasteiger charge is 2.09. The predicted octanol–water partition coefficient (Wildman–Crippen LogP) is 3.30. The van der Waals surface area contributed by atoms with E-state index in [1.165, 1.54) is 0 Å².